The van der Waals surface area contributed by atoms with Crippen molar-refractivity contribution >= 4 is 0 Å². The van der Waals surface area contributed by atoms with Gasteiger partial charge < -0.3 is 9.88 Å². The smallest absolute Gasteiger partial charge is 0.147 e. The molecule has 0 bridgehead atoms. The molecule has 0 amide bonds. The van der Waals surface area contributed by atoms with Crippen LogP contribution in [0.3, 0.4) is 0 Å². The van der Waals surface area contributed by atoms with Gasteiger partial charge >= 0.3 is 0 Å². The van der Waals surface area contributed by atoms with Crippen molar-refractivity contribution in [2.45, 2.75) is 65.6 Å². The van der Waals surface area contributed by atoms with Gasteiger partial charge in [-0.3, -0.25) is 0 Å². The Balaban J connectivity index is 1.88. The van der Waals surface area contributed by atoms with Crippen molar-refractivity contribution in [1.29, 1.82) is 0 Å². The summed E-state index contributed by atoms with van der Waals surface area (Å²) >= 11 is 0. The third kappa shape index (κ3) is 3.28. The molecule has 1 aromatic rings. The van der Waals surface area contributed by atoms with Crippen molar-refractivity contribution in [3.63, 3.8) is 0 Å². The molecule has 96 valence electrons. The van der Waals surface area contributed by atoms with Gasteiger partial charge in [-0.15, -0.1) is 10.2 Å². The van der Waals surface area contributed by atoms with E-state index in [4.69, 9.17) is 0 Å². The van der Waals surface area contributed by atoms with Gasteiger partial charge in [-0.1, -0.05) is 13.8 Å². The molecule has 4 heteroatoms. The molecule has 0 saturated heterocycles. The van der Waals surface area contributed by atoms with Crippen molar-refractivity contribution in [2.24, 2.45) is 5.92 Å². The fraction of sp³-hybridized carbons (Fsp3) is 0.846. The third-order valence-electron chi connectivity index (χ3n) is 3.37. The van der Waals surface area contributed by atoms with Crippen LogP contribution in [0.15, 0.2) is 0 Å². The second kappa shape index (κ2) is 5.63. The number of rotatable bonds is 5. The average Bonchev–Trinajstić information content (AvgIpc) is 2.69. The Morgan fingerprint density at radius 3 is 2.82 bits per heavy atom. The zero-order valence-electron chi connectivity index (χ0n) is 11.2. The zero-order chi connectivity index (χ0) is 12.3. The van der Waals surface area contributed by atoms with E-state index in [9.17, 15) is 0 Å². The van der Waals surface area contributed by atoms with E-state index in [-0.39, 0.29) is 0 Å². The van der Waals surface area contributed by atoms with Gasteiger partial charge in [0.1, 0.15) is 11.6 Å². The molecule has 1 N–H and O–H groups in total. The number of aryl methyl sites for hydroxylation is 1. The number of aromatic nitrogens is 3. The first-order chi connectivity index (χ1) is 8.16. The minimum absolute atomic E-state index is 0.548. The molecule has 1 unspecified atom stereocenters. The molecule has 0 aliphatic carbocycles. The molecule has 2 heterocycles. The van der Waals surface area contributed by atoms with E-state index in [2.05, 4.69) is 40.9 Å². The second-order valence-corrected chi connectivity index (χ2v) is 5.55. The molecule has 0 fully saturated rings. The topological polar surface area (TPSA) is 42.7 Å². The predicted molar refractivity (Wildman–Crippen MR) is 68.7 cm³/mol. The lowest BCUT2D eigenvalue weighted by Crippen LogP contribution is -2.28. The molecule has 1 aliphatic rings. The summed E-state index contributed by atoms with van der Waals surface area (Å²) in [5.74, 6) is 3.02. The molecule has 1 aromatic heterocycles. The highest BCUT2D eigenvalue weighted by Gasteiger charge is 2.15. The Morgan fingerprint density at radius 2 is 2.06 bits per heavy atom. The Kier molecular flexibility index (Phi) is 4.15. The molecule has 0 spiro atoms. The Labute approximate surface area is 104 Å². The first-order valence-electron chi connectivity index (χ1n) is 6.81. The first-order valence-corrected chi connectivity index (χ1v) is 6.81. The standard InChI is InChI=1S/C13H24N4/c1-10(2)8-11(3)14-9-13-16-15-12-6-4-5-7-17(12)13/h10-11,14H,4-9H2,1-3H3. The molecular formula is C13H24N4. The summed E-state index contributed by atoms with van der Waals surface area (Å²) < 4.78 is 2.29. The second-order valence-electron chi connectivity index (χ2n) is 5.55. The summed E-state index contributed by atoms with van der Waals surface area (Å²) in [6, 6.07) is 0.548. The van der Waals surface area contributed by atoms with Gasteiger partial charge in [0, 0.05) is 19.0 Å². The minimum Gasteiger partial charge on any atom is -0.314 e. The third-order valence-corrected chi connectivity index (χ3v) is 3.37. The normalized spacial score (nSPS) is 17.2. The number of nitrogens with one attached hydrogen (secondary N) is 1. The predicted octanol–water partition coefficient (Wildman–Crippen LogP) is 2.14. The van der Waals surface area contributed by atoms with E-state index >= 15 is 0 Å². The summed E-state index contributed by atoms with van der Waals surface area (Å²) in [4.78, 5) is 0. The van der Waals surface area contributed by atoms with Crippen molar-refractivity contribution in [2.75, 3.05) is 0 Å². The maximum atomic E-state index is 4.30. The maximum Gasteiger partial charge on any atom is 0.147 e. The first kappa shape index (κ1) is 12.6. The van der Waals surface area contributed by atoms with Crippen LogP contribution in [0.25, 0.3) is 0 Å². The lowest BCUT2D eigenvalue weighted by molar-refractivity contribution is 0.425. The molecule has 0 aromatic carbocycles. The molecule has 0 radical (unpaired) electrons. The van der Waals surface area contributed by atoms with Crippen molar-refractivity contribution < 1.29 is 0 Å². The lowest BCUT2D eigenvalue weighted by atomic mass is 10.1. The van der Waals surface area contributed by atoms with Crippen LogP contribution in [0, 0.1) is 5.92 Å². The van der Waals surface area contributed by atoms with Crippen LogP contribution in [-0.4, -0.2) is 20.8 Å². The minimum atomic E-state index is 0.548. The van der Waals surface area contributed by atoms with Gasteiger partial charge in [0.2, 0.25) is 0 Å². The molecular weight excluding hydrogens is 212 g/mol. The summed E-state index contributed by atoms with van der Waals surface area (Å²) in [7, 11) is 0. The monoisotopic (exact) mass is 236 g/mol. The van der Waals surface area contributed by atoms with Crippen molar-refractivity contribution in [1.82, 2.24) is 20.1 Å². The van der Waals surface area contributed by atoms with Crippen LogP contribution in [0.4, 0.5) is 0 Å². The Hall–Kier alpha value is -0.900. The quantitative estimate of drug-likeness (QED) is 0.851. The van der Waals surface area contributed by atoms with Crippen LogP contribution in [0.2, 0.25) is 0 Å². The van der Waals surface area contributed by atoms with E-state index < -0.39 is 0 Å². The Morgan fingerprint density at radius 1 is 1.24 bits per heavy atom. The van der Waals surface area contributed by atoms with Crippen molar-refractivity contribution in [3.8, 4) is 0 Å². The molecule has 4 nitrogen and oxygen atoms in total. The van der Waals surface area contributed by atoms with Gasteiger partial charge in [0.25, 0.3) is 0 Å². The largest absolute Gasteiger partial charge is 0.314 e. The molecule has 0 saturated carbocycles. The summed E-state index contributed by atoms with van der Waals surface area (Å²) in [6.45, 7) is 8.71. The summed E-state index contributed by atoms with van der Waals surface area (Å²) in [6.07, 6.45) is 4.82. The number of hydrogen-bond acceptors (Lipinski definition) is 3. The van der Waals surface area contributed by atoms with E-state index in [1.807, 2.05) is 0 Å². The van der Waals surface area contributed by atoms with Crippen molar-refractivity contribution in [3.05, 3.63) is 11.6 Å². The Bertz CT molecular complexity index is 356. The maximum absolute atomic E-state index is 4.30. The van der Waals surface area contributed by atoms with Gasteiger partial charge in [0.15, 0.2) is 0 Å². The number of hydrogen-bond donors (Lipinski definition) is 1. The van der Waals surface area contributed by atoms with Gasteiger partial charge in [-0.05, 0) is 32.1 Å². The summed E-state index contributed by atoms with van der Waals surface area (Å²) in [5, 5.41) is 12.1. The fourth-order valence-corrected chi connectivity index (χ4v) is 2.56. The average molecular weight is 236 g/mol. The highest BCUT2D eigenvalue weighted by molar-refractivity contribution is 4.98. The highest BCUT2D eigenvalue weighted by Crippen LogP contribution is 2.14. The number of nitrogens with zero attached hydrogens (tertiary/aromatic N) is 3. The SMILES string of the molecule is CC(C)CC(C)NCc1nnc2n1CCCC2. The van der Waals surface area contributed by atoms with Gasteiger partial charge in [-0.2, -0.15) is 0 Å². The molecule has 2 rings (SSSR count). The van der Waals surface area contributed by atoms with E-state index in [0.717, 1.165) is 31.3 Å². The van der Waals surface area contributed by atoms with Crippen LogP contribution in [0.1, 0.15) is 51.7 Å². The molecule has 17 heavy (non-hydrogen) atoms. The van der Waals surface area contributed by atoms with E-state index in [1.165, 1.54) is 25.1 Å². The zero-order valence-corrected chi connectivity index (χ0v) is 11.2. The summed E-state index contributed by atoms with van der Waals surface area (Å²) in [5.41, 5.74) is 0. The van der Waals surface area contributed by atoms with Crippen LogP contribution >= 0.6 is 0 Å². The van der Waals surface area contributed by atoms with Gasteiger partial charge in [-0.25, -0.2) is 0 Å². The van der Waals surface area contributed by atoms with Crippen LogP contribution in [0.5, 0.6) is 0 Å². The van der Waals surface area contributed by atoms with Crippen LogP contribution < -0.4 is 5.32 Å². The fourth-order valence-electron chi connectivity index (χ4n) is 2.56. The van der Waals surface area contributed by atoms with Crippen LogP contribution in [-0.2, 0) is 19.5 Å². The number of fused-ring (bicyclic) bond motifs is 1. The van der Waals surface area contributed by atoms with Gasteiger partial charge in [0.05, 0.1) is 6.54 Å². The lowest BCUT2D eigenvalue weighted by Gasteiger charge is -2.18. The van der Waals surface area contributed by atoms with E-state index in [1.54, 1.807) is 0 Å². The van der Waals surface area contributed by atoms with E-state index in [0.29, 0.717) is 6.04 Å². The highest BCUT2D eigenvalue weighted by atomic mass is 15.3. The molecule has 1 aliphatic heterocycles. The molecule has 1 atom stereocenters.